The van der Waals surface area contributed by atoms with Crippen molar-refractivity contribution in [3.63, 3.8) is 0 Å². The number of carboxylic acids is 1. The quantitative estimate of drug-likeness (QED) is 0.522. The fraction of sp³-hybridized carbons (Fsp3) is 0.217. The van der Waals surface area contributed by atoms with Crippen LogP contribution in [0.1, 0.15) is 27.2 Å². The zero-order valence-corrected chi connectivity index (χ0v) is 18.7. The molecule has 0 radical (unpaired) electrons. The molecule has 0 amide bonds. The monoisotopic (exact) mass is 476 g/mol. The van der Waals surface area contributed by atoms with Gasteiger partial charge in [0.15, 0.2) is 0 Å². The van der Waals surface area contributed by atoms with Crippen LogP contribution in [0.5, 0.6) is 0 Å². The number of aromatic nitrogens is 1. The van der Waals surface area contributed by atoms with E-state index >= 15 is 0 Å². The summed E-state index contributed by atoms with van der Waals surface area (Å²) in [4.78, 5) is 26.0. The second-order valence-electron chi connectivity index (χ2n) is 7.44. The van der Waals surface area contributed by atoms with Crippen LogP contribution in [-0.4, -0.2) is 22.2 Å². The summed E-state index contributed by atoms with van der Waals surface area (Å²) >= 11 is 18.8. The molecule has 8 heteroatoms. The summed E-state index contributed by atoms with van der Waals surface area (Å²) < 4.78 is 1.61. The van der Waals surface area contributed by atoms with Crippen molar-refractivity contribution >= 4 is 46.5 Å². The number of aromatic carboxylic acids is 1. The van der Waals surface area contributed by atoms with E-state index in [2.05, 4.69) is 4.90 Å². The number of rotatable bonds is 6. The number of aryl methyl sites for hydroxylation is 1. The Hall–Kier alpha value is -2.47. The Kier molecular flexibility index (Phi) is 6.28. The highest BCUT2D eigenvalue weighted by Gasteiger charge is 2.22. The van der Waals surface area contributed by atoms with Crippen molar-refractivity contribution in [3.05, 3.63) is 96.3 Å². The maximum Gasteiger partial charge on any atom is 0.335 e. The molecule has 4 rings (SSSR count). The fourth-order valence-electron chi connectivity index (χ4n) is 3.85. The maximum absolute atomic E-state index is 12.8. The molecule has 0 atom stereocenters. The molecule has 0 aliphatic carbocycles. The van der Waals surface area contributed by atoms with Crippen molar-refractivity contribution in [1.82, 2.24) is 4.57 Å². The molecule has 0 spiro atoms. The van der Waals surface area contributed by atoms with Crippen LogP contribution < -0.4 is 10.5 Å². The van der Waals surface area contributed by atoms with Crippen molar-refractivity contribution < 1.29 is 9.90 Å². The minimum atomic E-state index is -0.974. The first-order valence-corrected chi connectivity index (χ1v) is 10.9. The highest BCUT2D eigenvalue weighted by Crippen LogP contribution is 2.33. The standard InChI is InChI=1S/C23H19Cl3N2O3/c24-17-6-5-15-8-9-27(20(15)11-17)13-21-18(25)12-19(26)22(29)28(21)10-7-14-1-3-16(4-2-14)23(30)31/h1-6,11-12H,7-10,13H2,(H,30,31). The van der Waals surface area contributed by atoms with Crippen molar-refractivity contribution in [1.29, 1.82) is 0 Å². The largest absolute Gasteiger partial charge is 0.478 e. The van der Waals surface area contributed by atoms with Gasteiger partial charge in [-0.25, -0.2) is 4.79 Å². The Bertz CT molecular complexity index is 1210. The van der Waals surface area contributed by atoms with E-state index in [4.69, 9.17) is 39.9 Å². The van der Waals surface area contributed by atoms with E-state index in [1.165, 1.54) is 11.6 Å². The van der Waals surface area contributed by atoms with Gasteiger partial charge in [-0.2, -0.15) is 0 Å². The molecule has 0 saturated heterocycles. The van der Waals surface area contributed by atoms with Crippen LogP contribution in [0.4, 0.5) is 5.69 Å². The lowest BCUT2D eigenvalue weighted by molar-refractivity contribution is 0.0697. The molecule has 2 heterocycles. The summed E-state index contributed by atoms with van der Waals surface area (Å²) in [6.45, 7) is 1.63. The van der Waals surface area contributed by atoms with Crippen LogP contribution >= 0.6 is 34.8 Å². The summed E-state index contributed by atoms with van der Waals surface area (Å²) in [6.07, 6.45) is 1.43. The van der Waals surface area contributed by atoms with Crippen molar-refractivity contribution in [2.75, 3.05) is 11.4 Å². The van der Waals surface area contributed by atoms with Gasteiger partial charge in [-0.1, -0.05) is 53.0 Å². The van der Waals surface area contributed by atoms with E-state index in [0.29, 0.717) is 35.2 Å². The fourth-order valence-corrected chi connectivity index (χ4v) is 4.56. The molecule has 160 valence electrons. The Morgan fingerprint density at radius 1 is 1.00 bits per heavy atom. The van der Waals surface area contributed by atoms with E-state index in [1.807, 2.05) is 18.2 Å². The third-order valence-corrected chi connectivity index (χ3v) is 6.34. The second kappa shape index (κ2) is 8.95. The Balaban J connectivity index is 1.62. The van der Waals surface area contributed by atoms with E-state index < -0.39 is 5.97 Å². The van der Waals surface area contributed by atoms with Gasteiger partial charge in [0.2, 0.25) is 0 Å². The molecule has 0 bridgehead atoms. The number of pyridine rings is 1. The molecule has 0 fully saturated rings. The van der Waals surface area contributed by atoms with Crippen LogP contribution in [0, 0.1) is 0 Å². The number of nitrogens with zero attached hydrogens (tertiary/aromatic N) is 2. The Labute approximate surface area is 194 Å². The molecule has 0 saturated carbocycles. The average Bonchev–Trinajstić information content (AvgIpc) is 3.13. The summed E-state index contributed by atoms with van der Waals surface area (Å²) in [7, 11) is 0. The Morgan fingerprint density at radius 2 is 1.74 bits per heavy atom. The summed E-state index contributed by atoms with van der Waals surface area (Å²) in [5.41, 5.74) is 3.78. The number of fused-ring (bicyclic) bond motifs is 1. The number of halogens is 3. The Morgan fingerprint density at radius 3 is 2.45 bits per heavy atom. The van der Waals surface area contributed by atoms with Crippen molar-refractivity contribution in [2.45, 2.75) is 25.9 Å². The van der Waals surface area contributed by atoms with Gasteiger partial charge >= 0.3 is 5.97 Å². The van der Waals surface area contributed by atoms with E-state index in [1.54, 1.807) is 28.8 Å². The van der Waals surface area contributed by atoms with Gasteiger partial charge in [-0.15, -0.1) is 0 Å². The number of anilines is 1. The molecule has 1 aliphatic rings. The highest BCUT2D eigenvalue weighted by molar-refractivity contribution is 6.34. The van der Waals surface area contributed by atoms with Crippen molar-refractivity contribution in [2.24, 2.45) is 0 Å². The lowest BCUT2D eigenvalue weighted by Crippen LogP contribution is -2.30. The normalized spacial score (nSPS) is 12.8. The first-order valence-electron chi connectivity index (χ1n) is 9.77. The number of carbonyl (C=O) groups is 1. The molecule has 5 nitrogen and oxygen atoms in total. The van der Waals surface area contributed by atoms with Crippen LogP contribution in [0.3, 0.4) is 0 Å². The summed E-state index contributed by atoms with van der Waals surface area (Å²) in [5, 5.41) is 10.2. The number of benzene rings is 2. The van der Waals surface area contributed by atoms with Gasteiger partial charge in [0, 0.05) is 23.8 Å². The molecular weight excluding hydrogens is 459 g/mol. The zero-order valence-electron chi connectivity index (χ0n) is 16.4. The van der Waals surface area contributed by atoms with Crippen LogP contribution in [0.15, 0.2) is 53.3 Å². The SMILES string of the molecule is O=C(O)c1ccc(CCn2c(CN3CCc4ccc(Cl)cc43)c(Cl)cc(Cl)c2=O)cc1. The van der Waals surface area contributed by atoms with Crippen molar-refractivity contribution in [3.8, 4) is 0 Å². The second-order valence-corrected chi connectivity index (χ2v) is 8.69. The average molecular weight is 478 g/mol. The lowest BCUT2D eigenvalue weighted by atomic mass is 10.1. The van der Waals surface area contributed by atoms with Gasteiger partial charge in [0.1, 0.15) is 5.02 Å². The zero-order chi connectivity index (χ0) is 22.1. The number of carboxylic acid groups (broad SMARTS) is 1. The topological polar surface area (TPSA) is 62.5 Å². The minimum Gasteiger partial charge on any atom is -0.478 e. The molecule has 1 aromatic heterocycles. The minimum absolute atomic E-state index is 0.0693. The van der Waals surface area contributed by atoms with Gasteiger partial charge in [0.25, 0.3) is 5.56 Å². The van der Waals surface area contributed by atoms with Gasteiger partial charge < -0.3 is 14.6 Å². The van der Waals surface area contributed by atoms with E-state index in [0.717, 1.165) is 24.2 Å². The van der Waals surface area contributed by atoms with Gasteiger partial charge in [-0.05, 0) is 54.3 Å². The molecule has 1 aliphatic heterocycles. The van der Waals surface area contributed by atoms with Crippen LogP contribution in [-0.2, 0) is 25.9 Å². The number of hydrogen-bond donors (Lipinski definition) is 1. The number of hydrogen-bond acceptors (Lipinski definition) is 3. The highest BCUT2D eigenvalue weighted by atomic mass is 35.5. The van der Waals surface area contributed by atoms with Crippen LogP contribution in [0.25, 0.3) is 0 Å². The van der Waals surface area contributed by atoms with Crippen LogP contribution in [0.2, 0.25) is 15.1 Å². The van der Waals surface area contributed by atoms with Gasteiger partial charge in [-0.3, -0.25) is 4.79 Å². The molecule has 2 aromatic carbocycles. The smallest absolute Gasteiger partial charge is 0.335 e. The van der Waals surface area contributed by atoms with E-state index in [9.17, 15) is 9.59 Å². The molecule has 0 unspecified atom stereocenters. The van der Waals surface area contributed by atoms with E-state index in [-0.39, 0.29) is 16.1 Å². The summed E-state index contributed by atoms with van der Waals surface area (Å²) in [6, 6.07) is 13.9. The lowest BCUT2D eigenvalue weighted by Gasteiger charge is -2.23. The molecule has 1 N–H and O–H groups in total. The molecule has 3 aromatic rings. The first-order chi connectivity index (χ1) is 14.8. The third-order valence-electron chi connectivity index (χ3n) is 5.51. The predicted molar refractivity (Wildman–Crippen MR) is 124 cm³/mol. The molecule has 31 heavy (non-hydrogen) atoms. The summed E-state index contributed by atoms with van der Waals surface area (Å²) in [5.74, 6) is -0.974. The van der Waals surface area contributed by atoms with Gasteiger partial charge in [0.05, 0.1) is 22.8 Å². The maximum atomic E-state index is 12.8. The predicted octanol–water partition coefficient (Wildman–Crippen LogP) is 5.31. The molecular formula is C23H19Cl3N2O3. The third kappa shape index (κ3) is 4.59. The first kappa shape index (κ1) is 21.8.